The number of nitrogens with one attached hydrogen (secondary N) is 2. The highest BCUT2D eigenvalue weighted by Gasteiger charge is 2.16. The van der Waals surface area contributed by atoms with E-state index in [1.165, 1.54) is 13.2 Å². The Hall–Kier alpha value is -3.43. The minimum atomic E-state index is -1.08. The number of amides is 1. The molecule has 0 aliphatic carbocycles. The van der Waals surface area contributed by atoms with Gasteiger partial charge in [0.05, 0.1) is 17.7 Å². The average Bonchev–Trinajstić information content (AvgIpc) is 2.89. The number of carboxylic acid groups (broad SMARTS) is 1. The first kappa shape index (κ1) is 28.1. The van der Waals surface area contributed by atoms with Crippen LogP contribution in [-0.4, -0.2) is 49.2 Å². The van der Waals surface area contributed by atoms with Gasteiger partial charge < -0.3 is 19.9 Å². The number of aromatic carboxylic acids is 1. The van der Waals surface area contributed by atoms with Crippen molar-refractivity contribution in [3.8, 4) is 16.9 Å². The van der Waals surface area contributed by atoms with E-state index >= 15 is 0 Å². The Balaban J connectivity index is 1.66. The number of hydrogen-bond acceptors (Lipinski definition) is 5. The van der Waals surface area contributed by atoms with E-state index in [9.17, 15) is 19.9 Å². The SMILES string of the molecule is CCCCOc1ccc(Cl)cc1C(=O)NCCc1ccc(-c2cc(C(=O)O)cc([NH+](O)COC)c2)cc1. The topological polar surface area (TPSA) is 110 Å². The Kier molecular flexibility index (Phi) is 10.5. The number of methoxy groups -OCH3 is 1. The summed E-state index contributed by atoms with van der Waals surface area (Å²) in [6.45, 7) is 3.00. The molecule has 0 saturated carbocycles. The van der Waals surface area contributed by atoms with Gasteiger partial charge in [0.2, 0.25) is 6.73 Å². The number of quaternary nitrogens is 1. The highest BCUT2D eigenvalue weighted by atomic mass is 35.5. The van der Waals surface area contributed by atoms with Crippen molar-refractivity contribution in [1.82, 2.24) is 5.32 Å². The van der Waals surface area contributed by atoms with E-state index in [1.807, 2.05) is 24.3 Å². The molecule has 0 bridgehead atoms. The molecule has 3 aromatic carbocycles. The lowest BCUT2D eigenvalue weighted by Crippen LogP contribution is -3.05. The van der Waals surface area contributed by atoms with Gasteiger partial charge in [0.15, 0.2) is 5.69 Å². The second kappa shape index (κ2) is 13.8. The van der Waals surface area contributed by atoms with Crippen LogP contribution < -0.4 is 15.1 Å². The number of carbonyl (C=O) groups excluding carboxylic acids is 1. The Bertz CT molecular complexity index is 1220. The molecule has 3 aromatic rings. The molecule has 196 valence electrons. The summed E-state index contributed by atoms with van der Waals surface area (Å²) >= 11 is 6.10. The van der Waals surface area contributed by atoms with Gasteiger partial charge >= 0.3 is 5.97 Å². The molecule has 4 N–H and O–H groups in total. The molecule has 0 aliphatic heterocycles. The van der Waals surface area contributed by atoms with Crippen LogP contribution in [-0.2, 0) is 11.2 Å². The second-order valence-electron chi connectivity index (χ2n) is 8.53. The average molecular weight is 528 g/mol. The maximum absolute atomic E-state index is 12.8. The number of unbranched alkanes of at least 4 members (excludes halogenated alkanes) is 1. The Labute approximate surface area is 221 Å². The van der Waals surface area contributed by atoms with Gasteiger partial charge in [-0.2, -0.15) is 0 Å². The van der Waals surface area contributed by atoms with Gasteiger partial charge in [0.25, 0.3) is 5.91 Å². The first-order valence-electron chi connectivity index (χ1n) is 12.0. The quantitative estimate of drug-likeness (QED) is 0.149. The van der Waals surface area contributed by atoms with Crippen LogP contribution in [0.2, 0.25) is 5.02 Å². The predicted molar refractivity (Wildman–Crippen MR) is 141 cm³/mol. The highest BCUT2D eigenvalue weighted by Crippen LogP contribution is 2.25. The van der Waals surface area contributed by atoms with Crippen LogP contribution in [0.3, 0.4) is 0 Å². The Morgan fingerprint density at radius 3 is 2.46 bits per heavy atom. The standard InChI is InChI=1S/C28H31ClN2O6/c1-3-4-13-37-26-10-9-23(29)17-25(26)27(32)30-12-11-19-5-7-20(8-6-19)21-14-22(28(33)34)16-24(15-21)31(35)18-36-2/h5-10,14-17,35H,3-4,11-13,18H2,1-2H3,(H,30,32)(H,33,34)/p+1. The number of carboxylic acids is 1. The van der Waals surface area contributed by atoms with Crippen LogP contribution in [0.1, 0.15) is 46.0 Å². The molecule has 0 saturated heterocycles. The molecular formula is C28H32ClN2O6+. The number of halogens is 1. The van der Waals surface area contributed by atoms with Gasteiger partial charge in [-0.15, -0.1) is 5.06 Å². The van der Waals surface area contributed by atoms with Crippen LogP contribution in [0.4, 0.5) is 5.69 Å². The van der Waals surface area contributed by atoms with Crippen LogP contribution >= 0.6 is 11.6 Å². The molecule has 0 fully saturated rings. The van der Waals surface area contributed by atoms with Crippen molar-refractivity contribution in [2.24, 2.45) is 0 Å². The fraction of sp³-hybridized carbons (Fsp3) is 0.286. The third-order valence-electron chi connectivity index (χ3n) is 5.72. The second-order valence-corrected chi connectivity index (χ2v) is 8.97. The van der Waals surface area contributed by atoms with E-state index in [0.717, 1.165) is 24.0 Å². The summed E-state index contributed by atoms with van der Waals surface area (Å²) in [6.07, 6.45) is 2.49. The summed E-state index contributed by atoms with van der Waals surface area (Å²) in [7, 11) is 1.45. The molecule has 37 heavy (non-hydrogen) atoms. The fourth-order valence-corrected chi connectivity index (χ4v) is 3.89. The van der Waals surface area contributed by atoms with Gasteiger partial charge in [0.1, 0.15) is 5.75 Å². The van der Waals surface area contributed by atoms with E-state index in [0.29, 0.717) is 47.2 Å². The zero-order chi connectivity index (χ0) is 26.8. The van der Waals surface area contributed by atoms with E-state index < -0.39 is 5.97 Å². The lowest BCUT2D eigenvalue weighted by atomic mass is 10.00. The molecule has 1 unspecified atom stereocenters. The summed E-state index contributed by atoms with van der Waals surface area (Å²) in [4.78, 5) is 24.4. The van der Waals surface area contributed by atoms with Crippen LogP contribution in [0.25, 0.3) is 11.1 Å². The number of carbonyl (C=O) groups is 2. The molecule has 0 spiro atoms. The summed E-state index contributed by atoms with van der Waals surface area (Å²) < 4.78 is 10.7. The van der Waals surface area contributed by atoms with Crippen molar-refractivity contribution < 1.29 is 34.4 Å². The monoisotopic (exact) mass is 527 g/mol. The molecule has 8 nitrogen and oxygen atoms in total. The van der Waals surface area contributed by atoms with Crippen molar-refractivity contribution in [2.45, 2.75) is 26.2 Å². The third-order valence-corrected chi connectivity index (χ3v) is 5.96. The lowest BCUT2D eigenvalue weighted by Gasteiger charge is -2.13. The van der Waals surface area contributed by atoms with Crippen LogP contribution in [0.15, 0.2) is 60.7 Å². The van der Waals surface area contributed by atoms with E-state index in [1.54, 1.807) is 30.3 Å². The van der Waals surface area contributed by atoms with Gasteiger partial charge in [-0.05, 0) is 53.8 Å². The third kappa shape index (κ3) is 8.03. The van der Waals surface area contributed by atoms with Gasteiger partial charge in [0, 0.05) is 30.8 Å². The number of hydroxylamine groups is 1. The summed E-state index contributed by atoms with van der Waals surface area (Å²) in [5, 5.41) is 23.0. The van der Waals surface area contributed by atoms with Gasteiger partial charge in [-0.1, -0.05) is 49.2 Å². The Morgan fingerprint density at radius 1 is 1.03 bits per heavy atom. The molecule has 1 atom stereocenters. The van der Waals surface area contributed by atoms with E-state index in [2.05, 4.69) is 12.2 Å². The molecule has 1 amide bonds. The normalized spacial score (nSPS) is 11.7. The largest absolute Gasteiger partial charge is 0.493 e. The lowest BCUT2D eigenvalue weighted by molar-refractivity contribution is -1.05. The van der Waals surface area contributed by atoms with E-state index in [-0.39, 0.29) is 23.3 Å². The summed E-state index contributed by atoms with van der Waals surface area (Å²) in [5.74, 6) is -0.827. The summed E-state index contributed by atoms with van der Waals surface area (Å²) in [5.41, 5.74) is 3.33. The number of ether oxygens (including phenoxy) is 2. The zero-order valence-corrected chi connectivity index (χ0v) is 21.7. The number of rotatable bonds is 13. The summed E-state index contributed by atoms with van der Waals surface area (Å²) in [6, 6.07) is 17.3. The maximum Gasteiger partial charge on any atom is 0.335 e. The molecule has 0 aliphatic rings. The predicted octanol–water partition coefficient (Wildman–Crippen LogP) is 4.37. The van der Waals surface area contributed by atoms with Gasteiger partial charge in [-0.25, -0.2) is 10.0 Å². The van der Waals surface area contributed by atoms with E-state index in [4.69, 9.17) is 21.1 Å². The highest BCUT2D eigenvalue weighted by molar-refractivity contribution is 6.31. The van der Waals surface area contributed by atoms with Gasteiger partial charge in [-0.3, -0.25) is 4.79 Å². The maximum atomic E-state index is 12.8. The van der Waals surface area contributed by atoms with Crippen molar-refractivity contribution in [1.29, 1.82) is 0 Å². The minimum absolute atomic E-state index is 0.0191. The molecule has 9 heteroatoms. The first-order chi connectivity index (χ1) is 17.8. The molecular weight excluding hydrogens is 496 g/mol. The van der Waals surface area contributed by atoms with Crippen molar-refractivity contribution >= 4 is 29.2 Å². The number of hydrogen-bond donors (Lipinski definition) is 4. The van der Waals surface area contributed by atoms with Crippen molar-refractivity contribution in [3.63, 3.8) is 0 Å². The van der Waals surface area contributed by atoms with Crippen molar-refractivity contribution in [3.05, 3.63) is 82.4 Å². The van der Waals surface area contributed by atoms with Crippen LogP contribution in [0, 0.1) is 0 Å². The first-order valence-corrected chi connectivity index (χ1v) is 12.4. The zero-order valence-electron chi connectivity index (χ0n) is 20.9. The Morgan fingerprint density at radius 2 is 1.78 bits per heavy atom. The molecule has 0 radical (unpaired) electrons. The molecule has 0 heterocycles. The minimum Gasteiger partial charge on any atom is -0.493 e. The van der Waals surface area contributed by atoms with Crippen LogP contribution in [0.5, 0.6) is 5.75 Å². The molecule has 0 aromatic heterocycles. The number of benzene rings is 3. The molecule has 3 rings (SSSR count). The fourth-order valence-electron chi connectivity index (χ4n) is 3.72. The smallest absolute Gasteiger partial charge is 0.335 e. The van der Waals surface area contributed by atoms with Crippen molar-refractivity contribution in [2.75, 3.05) is 27.0 Å².